The molecular weight excluding hydrogens is 432 g/mol. The first-order chi connectivity index (χ1) is 16.1. The number of carbonyl (C=O) groups excluding carboxylic acids is 1. The number of fused-ring (bicyclic) bond motifs is 2. The predicted molar refractivity (Wildman–Crippen MR) is 130 cm³/mol. The van der Waals surface area contributed by atoms with Gasteiger partial charge >= 0.3 is 0 Å². The minimum absolute atomic E-state index is 0.105. The Morgan fingerprint density at radius 3 is 2.67 bits per heavy atom. The van der Waals surface area contributed by atoms with Crippen molar-refractivity contribution in [3.63, 3.8) is 0 Å². The van der Waals surface area contributed by atoms with Crippen LogP contribution < -0.4 is 5.32 Å². The second-order valence-corrected chi connectivity index (χ2v) is 10.1. The van der Waals surface area contributed by atoms with E-state index in [9.17, 15) is 4.79 Å². The van der Waals surface area contributed by atoms with Crippen LogP contribution >= 0.6 is 11.3 Å². The Morgan fingerprint density at radius 2 is 1.88 bits per heavy atom. The van der Waals surface area contributed by atoms with Gasteiger partial charge in [0.15, 0.2) is 5.82 Å². The van der Waals surface area contributed by atoms with E-state index in [4.69, 9.17) is 9.97 Å². The lowest BCUT2D eigenvalue weighted by atomic mass is 10.1. The molecule has 0 radical (unpaired) electrons. The molecule has 1 N–H and O–H groups in total. The average molecular weight is 459 g/mol. The monoisotopic (exact) mass is 458 g/mol. The number of anilines is 1. The number of aromatic nitrogens is 5. The summed E-state index contributed by atoms with van der Waals surface area (Å²) < 4.78 is 2.24. The summed E-state index contributed by atoms with van der Waals surface area (Å²) in [5.74, 6) is 3.29. The third kappa shape index (κ3) is 3.72. The van der Waals surface area contributed by atoms with Gasteiger partial charge in [0.1, 0.15) is 16.5 Å². The number of benzene rings is 1. The summed E-state index contributed by atoms with van der Waals surface area (Å²) in [5.41, 5.74) is 3.70. The van der Waals surface area contributed by atoms with Gasteiger partial charge in [0.25, 0.3) is 5.91 Å². The molecule has 1 fully saturated rings. The number of thiophene rings is 1. The maximum absolute atomic E-state index is 13.1. The van der Waals surface area contributed by atoms with Crippen molar-refractivity contribution in [2.24, 2.45) is 0 Å². The van der Waals surface area contributed by atoms with Gasteiger partial charge in [-0.3, -0.25) is 4.79 Å². The number of hydrogen-bond donors (Lipinski definition) is 1. The lowest BCUT2D eigenvalue weighted by Gasteiger charge is -2.08. The number of carbonyl (C=O) groups is 1. The molecule has 168 valence electrons. The Bertz CT molecular complexity index is 1370. The average Bonchev–Trinajstić information content (AvgIpc) is 3.56. The zero-order valence-corrected chi connectivity index (χ0v) is 19.7. The molecule has 3 aromatic heterocycles. The summed E-state index contributed by atoms with van der Waals surface area (Å²) in [6.07, 6.45) is 6.88. The highest BCUT2D eigenvalue weighted by atomic mass is 32.1. The molecule has 4 heterocycles. The van der Waals surface area contributed by atoms with Crippen molar-refractivity contribution in [2.75, 3.05) is 5.32 Å². The number of rotatable bonds is 4. The van der Waals surface area contributed by atoms with E-state index in [0.717, 1.165) is 82.4 Å². The van der Waals surface area contributed by atoms with Crippen LogP contribution in [0.25, 0.3) is 21.6 Å². The predicted octanol–water partition coefficient (Wildman–Crippen LogP) is 5.42. The van der Waals surface area contributed by atoms with E-state index in [1.54, 1.807) is 0 Å². The van der Waals surface area contributed by atoms with E-state index in [-0.39, 0.29) is 5.91 Å². The van der Waals surface area contributed by atoms with Crippen molar-refractivity contribution in [3.8, 4) is 11.4 Å². The molecule has 1 saturated carbocycles. The molecule has 0 atom stereocenters. The molecule has 0 spiro atoms. The molecule has 7 nitrogen and oxygen atoms in total. The van der Waals surface area contributed by atoms with Gasteiger partial charge in [0.2, 0.25) is 0 Å². The van der Waals surface area contributed by atoms with Gasteiger partial charge < -0.3 is 9.88 Å². The Kier molecular flexibility index (Phi) is 4.98. The molecule has 1 aliphatic heterocycles. The van der Waals surface area contributed by atoms with E-state index in [0.29, 0.717) is 10.8 Å². The lowest BCUT2D eigenvalue weighted by Crippen LogP contribution is -2.11. The third-order valence-electron chi connectivity index (χ3n) is 6.65. The zero-order valence-electron chi connectivity index (χ0n) is 18.9. The molecule has 2 aliphatic rings. The summed E-state index contributed by atoms with van der Waals surface area (Å²) >= 11 is 1.46. The van der Waals surface area contributed by atoms with E-state index in [1.165, 1.54) is 24.2 Å². The summed E-state index contributed by atoms with van der Waals surface area (Å²) in [4.78, 5) is 24.2. The van der Waals surface area contributed by atoms with Crippen LogP contribution in [0.5, 0.6) is 0 Å². The molecule has 8 heteroatoms. The van der Waals surface area contributed by atoms with Gasteiger partial charge in [0.05, 0.1) is 10.6 Å². The van der Waals surface area contributed by atoms with E-state index >= 15 is 0 Å². The Hall–Kier alpha value is -3.13. The van der Waals surface area contributed by atoms with Gasteiger partial charge in [-0.15, -0.1) is 21.5 Å². The highest BCUT2D eigenvalue weighted by Crippen LogP contribution is 2.40. The Morgan fingerprint density at radius 1 is 1.06 bits per heavy atom. The van der Waals surface area contributed by atoms with Crippen molar-refractivity contribution >= 4 is 33.1 Å². The number of amides is 1. The van der Waals surface area contributed by atoms with Crippen LogP contribution in [0.2, 0.25) is 0 Å². The maximum atomic E-state index is 13.1. The number of aryl methyl sites for hydroxylation is 3. The molecular formula is C25H26N6OS. The molecule has 33 heavy (non-hydrogen) atoms. The van der Waals surface area contributed by atoms with Gasteiger partial charge in [0, 0.05) is 35.5 Å². The SMILES string of the molecule is Cc1nc(C2CC2)nc2sc(C(=O)Nc3ccc(-c4nnc5n4CCCCC5)cc3)c(C)c12. The molecule has 0 saturated heterocycles. The fraction of sp³-hybridized carbons (Fsp3) is 0.400. The molecule has 0 unspecified atom stereocenters. The first-order valence-corrected chi connectivity index (χ1v) is 12.5. The van der Waals surface area contributed by atoms with E-state index in [1.807, 2.05) is 38.1 Å². The molecule has 1 amide bonds. The van der Waals surface area contributed by atoms with Crippen molar-refractivity contribution in [1.29, 1.82) is 0 Å². The van der Waals surface area contributed by atoms with Crippen LogP contribution in [0.1, 0.15) is 70.6 Å². The van der Waals surface area contributed by atoms with Gasteiger partial charge in [-0.25, -0.2) is 9.97 Å². The lowest BCUT2D eigenvalue weighted by molar-refractivity contribution is 0.103. The molecule has 4 aromatic rings. The van der Waals surface area contributed by atoms with Crippen molar-refractivity contribution < 1.29 is 4.79 Å². The minimum Gasteiger partial charge on any atom is -0.321 e. The second kappa shape index (κ2) is 8.02. The van der Waals surface area contributed by atoms with E-state index in [2.05, 4.69) is 20.1 Å². The number of hydrogen-bond acceptors (Lipinski definition) is 6. The van der Waals surface area contributed by atoms with Gasteiger partial charge in [-0.05, 0) is 69.4 Å². The van der Waals surface area contributed by atoms with Crippen LogP contribution in [0, 0.1) is 13.8 Å². The molecule has 0 bridgehead atoms. The van der Waals surface area contributed by atoms with Crippen LogP contribution in [0.15, 0.2) is 24.3 Å². The highest BCUT2D eigenvalue weighted by molar-refractivity contribution is 7.20. The first-order valence-electron chi connectivity index (χ1n) is 11.7. The third-order valence-corrected chi connectivity index (χ3v) is 7.83. The van der Waals surface area contributed by atoms with Crippen molar-refractivity contribution in [3.05, 3.63) is 52.0 Å². The van der Waals surface area contributed by atoms with Crippen LogP contribution in [-0.4, -0.2) is 30.6 Å². The first kappa shape index (κ1) is 20.5. The standard InChI is InChI=1S/C25H26N6OS/c1-14-20-15(2)26-22(16-7-8-16)28-25(20)33-21(14)24(32)27-18-11-9-17(10-12-18)23-30-29-19-6-4-3-5-13-31(19)23/h9-12,16H,3-8,13H2,1-2H3,(H,27,32). The fourth-order valence-corrected chi connectivity index (χ4v) is 5.82. The van der Waals surface area contributed by atoms with Gasteiger partial charge in [-0.2, -0.15) is 0 Å². The largest absolute Gasteiger partial charge is 0.321 e. The summed E-state index contributed by atoms with van der Waals surface area (Å²) in [7, 11) is 0. The maximum Gasteiger partial charge on any atom is 0.266 e. The van der Waals surface area contributed by atoms with Crippen LogP contribution in [0.3, 0.4) is 0 Å². The minimum atomic E-state index is -0.105. The van der Waals surface area contributed by atoms with Crippen LogP contribution in [-0.2, 0) is 13.0 Å². The van der Waals surface area contributed by atoms with Crippen LogP contribution in [0.4, 0.5) is 5.69 Å². The smallest absolute Gasteiger partial charge is 0.266 e. The Labute approximate surface area is 196 Å². The summed E-state index contributed by atoms with van der Waals surface area (Å²) in [6.45, 7) is 4.97. The number of nitrogens with zero attached hydrogens (tertiary/aromatic N) is 5. The summed E-state index contributed by atoms with van der Waals surface area (Å²) in [5, 5.41) is 12.9. The second-order valence-electron chi connectivity index (χ2n) is 9.11. The normalized spacial score (nSPS) is 15.9. The van der Waals surface area contributed by atoms with Crippen molar-refractivity contribution in [2.45, 2.75) is 64.8 Å². The molecule has 1 aromatic carbocycles. The Balaban J connectivity index is 1.24. The summed E-state index contributed by atoms with van der Waals surface area (Å²) in [6, 6.07) is 7.88. The topological polar surface area (TPSA) is 85.6 Å². The number of nitrogens with one attached hydrogen (secondary N) is 1. The highest BCUT2D eigenvalue weighted by Gasteiger charge is 2.28. The molecule has 6 rings (SSSR count). The molecule has 1 aliphatic carbocycles. The fourth-order valence-electron chi connectivity index (χ4n) is 4.69. The van der Waals surface area contributed by atoms with Gasteiger partial charge in [-0.1, -0.05) is 6.42 Å². The quantitative estimate of drug-likeness (QED) is 0.441. The van der Waals surface area contributed by atoms with Crippen molar-refractivity contribution in [1.82, 2.24) is 24.7 Å². The van der Waals surface area contributed by atoms with E-state index < -0.39 is 0 Å². The zero-order chi connectivity index (χ0) is 22.5.